The van der Waals surface area contributed by atoms with Crippen LogP contribution in [0.1, 0.15) is 41.2 Å². The SMILES string of the molecule is COCC#Cc1ccc(Cc2cc(C3CC(O)CC(CO)O3)ccc2Cl)cc1. The van der Waals surface area contributed by atoms with Crippen molar-refractivity contribution in [3.63, 3.8) is 0 Å². The molecule has 1 fully saturated rings. The van der Waals surface area contributed by atoms with Gasteiger partial charge < -0.3 is 19.7 Å². The molecule has 5 heteroatoms. The number of ether oxygens (including phenoxy) is 2. The highest BCUT2D eigenvalue weighted by Gasteiger charge is 2.29. The number of hydrogen-bond acceptors (Lipinski definition) is 4. The van der Waals surface area contributed by atoms with Crippen LogP contribution in [0.15, 0.2) is 42.5 Å². The number of benzene rings is 2. The molecule has 2 aromatic carbocycles. The van der Waals surface area contributed by atoms with Crippen molar-refractivity contribution in [3.8, 4) is 11.8 Å². The van der Waals surface area contributed by atoms with Crippen molar-refractivity contribution in [3.05, 3.63) is 69.7 Å². The predicted octanol–water partition coefficient (Wildman–Crippen LogP) is 3.50. The maximum atomic E-state index is 10.1. The Morgan fingerprint density at radius 2 is 1.96 bits per heavy atom. The molecule has 0 aliphatic carbocycles. The minimum atomic E-state index is -0.471. The van der Waals surface area contributed by atoms with Crippen LogP contribution >= 0.6 is 11.6 Å². The Kier molecular flexibility index (Phi) is 7.50. The molecule has 2 aromatic rings. The molecule has 3 rings (SSSR count). The zero-order chi connectivity index (χ0) is 19.9. The molecule has 3 unspecified atom stereocenters. The van der Waals surface area contributed by atoms with Gasteiger partial charge in [-0.05, 0) is 41.3 Å². The molecule has 1 aliphatic rings. The Bertz CT molecular complexity index is 838. The van der Waals surface area contributed by atoms with E-state index in [4.69, 9.17) is 21.1 Å². The second-order valence-corrected chi connectivity index (χ2v) is 7.42. The number of aliphatic hydroxyl groups is 2. The lowest BCUT2D eigenvalue weighted by Gasteiger charge is -2.32. The van der Waals surface area contributed by atoms with Crippen LogP contribution < -0.4 is 0 Å². The molecule has 28 heavy (non-hydrogen) atoms. The Labute approximate surface area is 171 Å². The minimum Gasteiger partial charge on any atom is -0.394 e. The van der Waals surface area contributed by atoms with Crippen LogP contribution in [0.2, 0.25) is 5.02 Å². The molecule has 148 valence electrons. The summed E-state index contributed by atoms with van der Waals surface area (Å²) in [5, 5.41) is 20.1. The van der Waals surface area contributed by atoms with E-state index in [1.54, 1.807) is 7.11 Å². The van der Waals surface area contributed by atoms with Crippen molar-refractivity contribution in [1.82, 2.24) is 0 Å². The van der Waals surface area contributed by atoms with Gasteiger partial charge in [-0.15, -0.1) is 0 Å². The highest BCUT2D eigenvalue weighted by molar-refractivity contribution is 6.31. The molecule has 1 aliphatic heterocycles. The van der Waals surface area contributed by atoms with Gasteiger partial charge in [0, 0.05) is 30.5 Å². The molecular formula is C23H25ClO4. The van der Waals surface area contributed by atoms with Gasteiger partial charge >= 0.3 is 0 Å². The second kappa shape index (κ2) is 10.1. The van der Waals surface area contributed by atoms with Gasteiger partial charge in [-0.3, -0.25) is 0 Å². The van der Waals surface area contributed by atoms with Gasteiger partial charge in [0.15, 0.2) is 0 Å². The summed E-state index contributed by atoms with van der Waals surface area (Å²) in [5.74, 6) is 5.99. The minimum absolute atomic E-state index is 0.0897. The van der Waals surface area contributed by atoms with Crippen LogP contribution in [0.3, 0.4) is 0 Å². The summed E-state index contributed by atoms with van der Waals surface area (Å²) in [6, 6.07) is 13.9. The number of hydrogen-bond donors (Lipinski definition) is 2. The highest BCUT2D eigenvalue weighted by atomic mass is 35.5. The van der Waals surface area contributed by atoms with Crippen LogP contribution in [0, 0.1) is 11.8 Å². The third kappa shape index (κ3) is 5.57. The molecule has 0 aromatic heterocycles. The van der Waals surface area contributed by atoms with E-state index in [0.717, 1.165) is 22.3 Å². The van der Waals surface area contributed by atoms with Crippen LogP contribution in [-0.2, 0) is 15.9 Å². The van der Waals surface area contributed by atoms with E-state index in [1.807, 2.05) is 42.5 Å². The van der Waals surface area contributed by atoms with E-state index < -0.39 is 6.10 Å². The molecular weight excluding hydrogens is 376 g/mol. The summed E-state index contributed by atoms with van der Waals surface area (Å²) in [6.45, 7) is 0.326. The van der Waals surface area contributed by atoms with Crippen LogP contribution in [-0.4, -0.2) is 42.7 Å². The summed E-state index contributed by atoms with van der Waals surface area (Å²) in [4.78, 5) is 0. The third-order valence-electron chi connectivity index (χ3n) is 4.82. The molecule has 0 radical (unpaired) electrons. The van der Waals surface area contributed by atoms with E-state index in [-0.39, 0.29) is 18.8 Å². The first kappa shape index (κ1) is 20.9. The number of aliphatic hydroxyl groups excluding tert-OH is 2. The molecule has 2 N–H and O–H groups in total. The van der Waals surface area contributed by atoms with Crippen LogP contribution in [0.25, 0.3) is 0 Å². The monoisotopic (exact) mass is 400 g/mol. The lowest BCUT2D eigenvalue weighted by molar-refractivity contribution is -0.113. The lowest BCUT2D eigenvalue weighted by atomic mass is 9.94. The number of halogens is 1. The van der Waals surface area contributed by atoms with Gasteiger partial charge in [-0.1, -0.05) is 47.7 Å². The van der Waals surface area contributed by atoms with E-state index in [0.29, 0.717) is 30.9 Å². The maximum Gasteiger partial charge on any atom is 0.107 e. The zero-order valence-electron chi connectivity index (χ0n) is 15.9. The summed E-state index contributed by atoms with van der Waals surface area (Å²) in [6.07, 6.45) is 0.633. The molecule has 3 atom stereocenters. The van der Waals surface area contributed by atoms with E-state index in [9.17, 15) is 10.2 Å². The van der Waals surface area contributed by atoms with Crippen molar-refractivity contribution in [2.24, 2.45) is 0 Å². The second-order valence-electron chi connectivity index (χ2n) is 7.01. The molecule has 0 spiro atoms. The first-order valence-corrected chi connectivity index (χ1v) is 9.76. The van der Waals surface area contributed by atoms with Crippen molar-refractivity contribution in [1.29, 1.82) is 0 Å². The zero-order valence-corrected chi connectivity index (χ0v) is 16.7. The van der Waals surface area contributed by atoms with Crippen LogP contribution in [0.5, 0.6) is 0 Å². The predicted molar refractivity (Wildman–Crippen MR) is 109 cm³/mol. The van der Waals surface area contributed by atoms with Crippen molar-refractivity contribution in [2.45, 2.75) is 37.6 Å². The number of rotatable bonds is 5. The fourth-order valence-electron chi connectivity index (χ4n) is 3.39. The van der Waals surface area contributed by atoms with Gasteiger partial charge in [-0.2, -0.15) is 0 Å². The Balaban J connectivity index is 1.74. The van der Waals surface area contributed by atoms with Gasteiger partial charge in [0.05, 0.1) is 24.9 Å². The third-order valence-corrected chi connectivity index (χ3v) is 5.19. The quantitative estimate of drug-likeness (QED) is 0.754. The highest BCUT2D eigenvalue weighted by Crippen LogP contribution is 2.33. The van der Waals surface area contributed by atoms with Crippen LogP contribution in [0.4, 0.5) is 0 Å². The first-order chi connectivity index (χ1) is 13.6. The summed E-state index contributed by atoms with van der Waals surface area (Å²) in [7, 11) is 1.62. The normalized spacial score (nSPS) is 21.8. The molecule has 0 bridgehead atoms. The van der Waals surface area contributed by atoms with Crippen molar-refractivity contribution in [2.75, 3.05) is 20.3 Å². The lowest BCUT2D eigenvalue weighted by Crippen LogP contribution is -2.33. The smallest absolute Gasteiger partial charge is 0.107 e. The molecule has 1 saturated heterocycles. The molecule has 1 heterocycles. The number of methoxy groups -OCH3 is 1. The molecule has 0 amide bonds. The standard InChI is InChI=1S/C23H25ClO4/c1-27-10-2-3-16-4-6-17(7-5-16)11-19-12-18(8-9-22(19)24)23-14-20(26)13-21(15-25)28-23/h4-9,12,20-21,23,25-26H,10-11,13-15H2,1H3. The Hall–Kier alpha value is -1.87. The average molecular weight is 401 g/mol. The summed E-state index contributed by atoms with van der Waals surface area (Å²) >= 11 is 6.42. The van der Waals surface area contributed by atoms with Gasteiger partial charge in [0.1, 0.15) is 6.61 Å². The largest absolute Gasteiger partial charge is 0.394 e. The topological polar surface area (TPSA) is 58.9 Å². The van der Waals surface area contributed by atoms with E-state index in [1.165, 1.54) is 0 Å². The van der Waals surface area contributed by atoms with Gasteiger partial charge in [0.2, 0.25) is 0 Å². The fraction of sp³-hybridized carbons (Fsp3) is 0.391. The summed E-state index contributed by atoms with van der Waals surface area (Å²) < 4.78 is 10.9. The van der Waals surface area contributed by atoms with Gasteiger partial charge in [0.25, 0.3) is 0 Å². The molecule has 4 nitrogen and oxygen atoms in total. The Morgan fingerprint density at radius 1 is 1.18 bits per heavy atom. The first-order valence-electron chi connectivity index (χ1n) is 9.38. The van der Waals surface area contributed by atoms with Crippen molar-refractivity contribution < 1.29 is 19.7 Å². The fourth-order valence-corrected chi connectivity index (χ4v) is 3.57. The van der Waals surface area contributed by atoms with E-state index >= 15 is 0 Å². The maximum absolute atomic E-state index is 10.1. The van der Waals surface area contributed by atoms with Gasteiger partial charge in [-0.25, -0.2) is 0 Å². The van der Waals surface area contributed by atoms with E-state index in [2.05, 4.69) is 11.8 Å². The summed E-state index contributed by atoms with van der Waals surface area (Å²) in [5.41, 5.74) is 4.05. The van der Waals surface area contributed by atoms with Crippen molar-refractivity contribution >= 4 is 11.6 Å². The molecule has 0 saturated carbocycles. The average Bonchev–Trinajstić information content (AvgIpc) is 2.70. The Morgan fingerprint density at radius 3 is 2.68 bits per heavy atom.